The van der Waals surface area contributed by atoms with E-state index in [0.717, 1.165) is 16.9 Å². The molecule has 1 N–H and O–H groups in total. The number of carbonyl (C=O) groups is 1. The van der Waals surface area contributed by atoms with E-state index in [1.165, 1.54) is 42.6 Å². The third-order valence-corrected chi connectivity index (χ3v) is 3.29. The van der Waals surface area contributed by atoms with Gasteiger partial charge in [0.05, 0.1) is 11.9 Å². The molecule has 2 heterocycles. The molecule has 3 aromatic rings. The normalized spacial score (nSPS) is 11.3. The number of benzene rings is 1. The van der Waals surface area contributed by atoms with Crippen LogP contribution in [0, 0.1) is 5.82 Å². The first-order valence-corrected chi connectivity index (χ1v) is 7.59. The van der Waals surface area contributed by atoms with Crippen molar-refractivity contribution < 1.29 is 27.1 Å². The van der Waals surface area contributed by atoms with Gasteiger partial charge >= 0.3 is 6.18 Å². The Labute approximate surface area is 150 Å². The summed E-state index contributed by atoms with van der Waals surface area (Å²) in [5, 5.41) is 5.79. The number of aromatic nitrogens is 3. The number of carbonyl (C=O) groups excluding carboxylic acids is 1. The monoisotopic (exact) mass is 380 g/mol. The fourth-order valence-corrected chi connectivity index (χ4v) is 2.09. The van der Waals surface area contributed by atoms with E-state index in [1.807, 2.05) is 0 Å². The van der Waals surface area contributed by atoms with Gasteiger partial charge in [0, 0.05) is 12.3 Å². The number of ether oxygens (including phenoxy) is 1. The van der Waals surface area contributed by atoms with Crippen LogP contribution in [0.25, 0.3) is 0 Å². The van der Waals surface area contributed by atoms with E-state index in [0.29, 0.717) is 11.4 Å². The van der Waals surface area contributed by atoms with Crippen molar-refractivity contribution in [3.8, 4) is 11.6 Å². The first-order valence-electron chi connectivity index (χ1n) is 7.59. The molecule has 6 nitrogen and oxygen atoms in total. The highest BCUT2D eigenvalue weighted by atomic mass is 19.4. The molecule has 0 aliphatic carbocycles. The Kier molecular flexibility index (Phi) is 5.06. The van der Waals surface area contributed by atoms with Gasteiger partial charge in [-0.3, -0.25) is 9.48 Å². The summed E-state index contributed by atoms with van der Waals surface area (Å²) in [5.74, 6) is -0.352. The summed E-state index contributed by atoms with van der Waals surface area (Å²) in [4.78, 5) is 15.9. The SMILES string of the molecule is O=C(Cn1ccc(C(F)(F)F)n1)Nc1ccc(Oc2ccc(F)cc2)nc1. The smallest absolute Gasteiger partial charge is 0.435 e. The van der Waals surface area contributed by atoms with Crippen molar-refractivity contribution in [2.75, 3.05) is 5.32 Å². The number of hydrogen-bond donors (Lipinski definition) is 1. The summed E-state index contributed by atoms with van der Waals surface area (Å²) in [6.07, 6.45) is -2.17. The number of nitrogens with zero attached hydrogens (tertiary/aromatic N) is 3. The van der Waals surface area contributed by atoms with Crippen LogP contribution in [0.5, 0.6) is 11.6 Å². The molecule has 0 aliphatic heterocycles. The lowest BCUT2D eigenvalue weighted by Gasteiger charge is -2.07. The molecule has 0 bridgehead atoms. The van der Waals surface area contributed by atoms with Gasteiger partial charge in [0.2, 0.25) is 11.8 Å². The van der Waals surface area contributed by atoms with Crippen LogP contribution < -0.4 is 10.1 Å². The molecule has 0 spiro atoms. The van der Waals surface area contributed by atoms with Gasteiger partial charge in [0.25, 0.3) is 0 Å². The van der Waals surface area contributed by atoms with Gasteiger partial charge < -0.3 is 10.1 Å². The van der Waals surface area contributed by atoms with Crippen LogP contribution in [0.2, 0.25) is 0 Å². The van der Waals surface area contributed by atoms with E-state index in [9.17, 15) is 22.4 Å². The number of pyridine rings is 1. The minimum atomic E-state index is -4.56. The van der Waals surface area contributed by atoms with Crippen LogP contribution in [-0.4, -0.2) is 20.7 Å². The van der Waals surface area contributed by atoms with E-state index in [4.69, 9.17) is 4.74 Å². The van der Waals surface area contributed by atoms with Gasteiger partial charge in [-0.25, -0.2) is 9.37 Å². The van der Waals surface area contributed by atoms with Crippen molar-refractivity contribution in [1.29, 1.82) is 0 Å². The second-order valence-corrected chi connectivity index (χ2v) is 5.39. The van der Waals surface area contributed by atoms with Gasteiger partial charge in [0.1, 0.15) is 18.1 Å². The van der Waals surface area contributed by atoms with Crippen LogP contribution >= 0.6 is 0 Å². The van der Waals surface area contributed by atoms with E-state index < -0.39 is 23.6 Å². The topological polar surface area (TPSA) is 69.0 Å². The summed E-state index contributed by atoms with van der Waals surface area (Å²) < 4.78 is 56.6. The molecule has 0 saturated heterocycles. The molecule has 140 valence electrons. The lowest BCUT2D eigenvalue weighted by atomic mass is 10.3. The molecule has 0 atom stereocenters. The van der Waals surface area contributed by atoms with Gasteiger partial charge in [-0.05, 0) is 36.4 Å². The average Bonchev–Trinajstić information content (AvgIpc) is 3.07. The number of hydrogen-bond acceptors (Lipinski definition) is 4. The Hall–Kier alpha value is -3.43. The third-order valence-electron chi connectivity index (χ3n) is 3.29. The third kappa shape index (κ3) is 5.03. The zero-order chi connectivity index (χ0) is 19.4. The summed E-state index contributed by atoms with van der Waals surface area (Å²) >= 11 is 0. The van der Waals surface area contributed by atoms with Gasteiger partial charge in [0.15, 0.2) is 5.69 Å². The van der Waals surface area contributed by atoms with Gasteiger partial charge in [-0.1, -0.05) is 0 Å². The lowest BCUT2D eigenvalue weighted by Crippen LogP contribution is -2.19. The molecular formula is C17H12F4N4O2. The minimum absolute atomic E-state index is 0.224. The molecule has 0 radical (unpaired) electrons. The molecule has 0 fully saturated rings. The number of alkyl halides is 3. The Bertz CT molecular complexity index is 921. The molecule has 27 heavy (non-hydrogen) atoms. The van der Waals surface area contributed by atoms with Crippen LogP contribution in [-0.2, 0) is 17.5 Å². The first-order chi connectivity index (χ1) is 12.8. The quantitative estimate of drug-likeness (QED) is 0.683. The van der Waals surface area contributed by atoms with Crippen molar-refractivity contribution in [2.45, 2.75) is 12.7 Å². The van der Waals surface area contributed by atoms with E-state index in [-0.39, 0.29) is 12.4 Å². The number of rotatable bonds is 5. The predicted octanol–water partition coefficient (Wildman–Crippen LogP) is 3.87. The van der Waals surface area contributed by atoms with E-state index in [2.05, 4.69) is 15.4 Å². The molecule has 2 aromatic heterocycles. The molecule has 0 unspecified atom stereocenters. The zero-order valence-electron chi connectivity index (χ0n) is 13.6. The number of halogens is 4. The molecule has 0 aliphatic rings. The molecule has 0 saturated carbocycles. The maximum Gasteiger partial charge on any atom is 0.435 e. The fraction of sp³-hybridized carbons (Fsp3) is 0.118. The van der Waals surface area contributed by atoms with Crippen LogP contribution in [0.1, 0.15) is 5.69 Å². The maximum atomic E-state index is 12.8. The Morgan fingerprint density at radius 3 is 2.44 bits per heavy atom. The zero-order valence-corrected chi connectivity index (χ0v) is 13.6. The number of amides is 1. The first kappa shape index (κ1) is 18.4. The Balaban J connectivity index is 1.56. The van der Waals surface area contributed by atoms with E-state index in [1.54, 1.807) is 0 Å². The van der Waals surface area contributed by atoms with E-state index >= 15 is 0 Å². The van der Waals surface area contributed by atoms with Gasteiger partial charge in [-0.15, -0.1) is 0 Å². The summed E-state index contributed by atoms with van der Waals surface area (Å²) in [6, 6.07) is 9.13. The molecule has 3 rings (SSSR count). The Morgan fingerprint density at radius 1 is 1.11 bits per heavy atom. The van der Waals surface area contributed by atoms with Crippen molar-refractivity contribution in [3.05, 3.63) is 66.4 Å². The largest absolute Gasteiger partial charge is 0.439 e. The molecule has 10 heteroatoms. The number of nitrogens with one attached hydrogen (secondary N) is 1. The molecule has 1 amide bonds. The molecule has 1 aromatic carbocycles. The molecular weight excluding hydrogens is 368 g/mol. The lowest BCUT2D eigenvalue weighted by molar-refractivity contribution is -0.141. The predicted molar refractivity (Wildman–Crippen MR) is 86.6 cm³/mol. The summed E-state index contributed by atoms with van der Waals surface area (Å²) in [7, 11) is 0. The second kappa shape index (κ2) is 7.44. The van der Waals surface area contributed by atoms with Crippen molar-refractivity contribution >= 4 is 11.6 Å². The number of anilines is 1. The maximum absolute atomic E-state index is 12.8. The summed E-state index contributed by atoms with van der Waals surface area (Å²) in [5.41, 5.74) is -0.742. The van der Waals surface area contributed by atoms with Crippen molar-refractivity contribution in [2.24, 2.45) is 0 Å². The highest BCUT2D eigenvalue weighted by molar-refractivity contribution is 5.90. The van der Waals surface area contributed by atoms with Crippen molar-refractivity contribution in [1.82, 2.24) is 14.8 Å². The fourth-order valence-electron chi connectivity index (χ4n) is 2.09. The second-order valence-electron chi connectivity index (χ2n) is 5.39. The van der Waals surface area contributed by atoms with Crippen molar-refractivity contribution in [3.63, 3.8) is 0 Å². The van der Waals surface area contributed by atoms with Crippen LogP contribution in [0.4, 0.5) is 23.2 Å². The van der Waals surface area contributed by atoms with Gasteiger partial charge in [-0.2, -0.15) is 18.3 Å². The standard InChI is InChI=1S/C17H12F4N4O2/c18-11-1-4-13(5-2-11)27-16-6-3-12(9-22-16)23-15(26)10-25-8-7-14(24-25)17(19,20)21/h1-9H,10H2,(H,23,26). The average molecular weight is 380 g/mol. The minimum Gasteiger partial charge on any atom is -0.439 e. The van der Waals surface area contributed by atoms with Crippen LogP contribution in [0.15, 0.2) is 54.9 Å². The van der Waals surface area contributed by atoms with Crippen LogP contribution in [0.3, 0.4) is 0 Å². The summed E-state index contributed by atoms with van der Waals surface area (Å²) in [6.45, 7) is -0.385. The highest BCUT2D eigenvalue weighted by Crippen LogP contribution is 2.27. The Morgan fingerprint density at radius 2 is 1.85 bits per heavy atom. The highest BCUT2D eigenvalue weighted by Gasteiger charge is 2.33.